The van der Waals surface area contributed by atoms with Gasteiger partial charge in [0.25, 0.3) is 5.91 Å². The number of anilines is 1. The number of nitrogens with two attached hydrogens (primary N) is 1. The number of rotatable bonds is 4. The van der Waals surface area contributed by atoms with Crippen LogP contribution in [0.15, 0.2) is 48.7 Å². The van der Waals surface area contributed by atoms with Crippen LogP contribution in [0.25, 0.3) is 10.9 Å². The van der Waals surface area contributed by atoms with Crippen LogP contribution in [0.2, 0.25) is 5.02 Å². The van der Waals surface area contributed by atoms with Gasteiger partial charge in [0.2, 0.25) is 5.91 Å². The first kappa shape index (κ1) is 36.1. The number of carbonyl (C=O) groups is 2. The summed E-state index contributed by atoms with van der Waals surface area (Å²) in [6.45, 7) is 6.86. The van der Waals surface area contributed by atoms with E-state index in [2.05, 4.69) is 31.9 Å². The van der Waals surface area contributed by atoms with Crippen molar-refractivity contribution in [2.24, 2.45) is 5.92 Å². The molecule has 2 heterocycles. The van der Waals surface area contributed by atoms with E-state index in [1.54, 1.807) is 19.2 Å². The van der Waals surface area contributed by atoms with Gasteiger partial charge >= 0.3 is 51.4 Å². The third kappa shape index (κ3) is 10.5. The second-order valence-electron chi connectivity index (χ2n) is 10.3. The molecule has 0 bridgehead atoms. The molecule has 1 saturated heterocycles. The third-order valence-electron chi connectivity index (χ3n) is 5.83. The number of nitrogens with zero attached hydrogens (tertiary/aromatic N) is 5. The number of likely N-dealkylation sites (tertiary alicyclic amines) is 1. The zero-order valence-electron chi connectivity index (χ0n) is 23.9. The maximum Gasteiger partial charge on any atom is 1.00 e. The molecule has 3 aromatic rings. The molecule has 3 N–H and O–H groups in total. The van der Waals surface area contributed by atoms with Crippen LogP contribution in [0.3, 0.4) is 0 Å². The Labute approximate surface area is 284 Å². The number of carbonyl (C=O) groups excluding carboxylic acids is 2. The summed E-state index contributed by atoms with van der Waals surface area (Å²) in [6.07, 6.45) is 6.61. The number of halogens is 1. The maximum absolute atomic E-state index is 12.8. The second-order valence-corrected chi connectivity index (χ2v) is 10.7. The Kier molecular flexibility index (Phi) is 15.4. The standard InChI is InChI=1S/C19H19ClN5O2.C6H7N.C4H10.K.H2O/c1-23(11-17(26)24-6-2-3-15(24)9-21)19(27)12-7-13-10-25(14-4-5-14)22-18(13)16(20)8-12;7-6-4-2-1-3-5-6;1-4(2)3;;/h2,7-8,10,14-15H,3-6,11H2,1H3;1-5H,7H2;4H,1-3H3;;1H2/q-1;;;+1;/p-1. The monoisotopic (exact) mass is 591 g/mol. The van der Waals surface area contributed by atoms with Gasteiger partial charge in [-0.25, -0.2) is 0 Å². The van der Waals surface area contributed by atoms with Crippen molar-refractivity contribution in [3.8, 4) is 6.07 Å². The summed E-state index contributed by atoms with van der Waals surface area (Å²) in [5, 5.41) is 14.9. The van der Waals surface area contributed by atoms with Crippen molar-refractivity contribution in [1.29, 1.82) is 5.26 Å². The van der Waals surface area contributed by atoms with Gasteiger partial charge in [-0.05, 0) is 43.0 Å². The van der Waals surface area contributed by atoms with Gasteiger partial charge in [0.1, 0.15) is 5.52 Å². The molecule has 0 radical (unpaired) electrons. The van der Waals surface area contributed by atoms with Gasteiger partial charge in [-0.3, -0.25) is 14.3 Å². The van der Waals surface area contributed by atoms with Gasteiger partial charge < -0.3 is 27.4 Å². The first-order valence-electron chi connectivity index (χ1n) is 12.9. The molecule has 2 aliphatic rings. The second kappa shape index (κ2) is 17.1. The molecule has 40 heavy (non-hydrogen) atoms. The van der Waals surface area contributed by atoms with Crippen LogP contribution in [0, 0.1) is 23.7 Å². The predicted molar refractivity (Wildman–Crippen MR) is 153 cm³/mol. The van der Waals surface area contributed by atoms with Gasteiger partial charge in [-0.2, -0.15) is 10.4 Å². The number of para-hydroxylation sites is 1. The summed E-state index contributed by atoms with van der Waals surface area (Å²) in [6, 6.07) is 14.9. The molecule has 1 atom stereocenters. The Hall–Kier alpha value is -1.97. The summed E-state index contributed by atoms with van der Waals surface area (Å²) in [4.78, 5) is 28.1. The fraction of sp³-hybridized carbons (Fsp3) is 0.414. The van der Waals surface area contributed by atoms with Crippen molar-refractivity contribution in [2.45, 2.75) is 52.1 Å². The number of likely N-dealkylation sites (N-methyl/N-ethyl adjacent to an activating group) is 1. The molecular weight excluding hydrogens is 555 g/mol. The van der Waals surface area contributed by atoms with Crippen molar-refractivity contribution in [3.63, 3.8) is 0 Å². The summed E-state index contributed by atoms with van der Waals surface area (Å²) >= 11 is 6.33. The molecule has 2 amide bonds. The van der Waals surface area contributed by atoms with Gasteiger partial charge in [-0.1, -0.05) is 50.6 Å². The topological polar surface area (TPSA) is 138 Å². The number of hydrogen-bond donors (Lipinski definition) is 1. The van der Waals surface area contributed by atoms with Gasteiger partial charge in [0.15, 0.2) is 0 Å². The van der Waals surface area contributed by atoms with Crippen molar-refractivity contribution >= 4 is 40.0 Å². The van der Waals surface area contributed by atoms with E-state index in [9.17, 15) is 9.59 Å². The molecule has 1 saturated carbocycles. The molecule has 9 nitrogen and oxygen atoms in total. The number of fused-ring (bicyclic) bond motifs is 1. The minimum Gasteiger partial charge on any atom is -0.870 e. The van der Waals surface area contributed by atoms with Crippen LogP contribution >= 0.6 is 11.6 Å². The largest absolute Gasteiger partial charge is 1.00 e. The first-order chi connectivity index (χ1) is 18.1. The average molecular weight is 592 g/mol. The van der Waals surface area contributed by atoms with Crippen LogP contribution in [-0.2, 0) is 4.79 Å². The molecular formula is C29H37ClKN6O3-. The van der Waals surface area contributed by atoms with E-state index in [1.165, 1.54) is 9.80 Å². The van der Waals surface area contributed by atoms with Gasteiger partial charge in [0.05, 0.1) is 29.7 Å². The fourth-order valence-electron chi connectivity index (χ4n) is 3.82. The Balaban J connectivity index is 0.000000521. The molecule has 1 aliphatic carbocycles. The summed E-state index contributed by atoms with van der Waals surface area (Å²) < 4.78 is 1.91. The minimum atomic E-state index is -0.444. The summed E-state index contributed by atoms with van der Waals surface area (Å²) in [5.74, 6) is 0.308. The van der Waals surface area contributed by atoms with Crippen molar-refractivity contribution in [2.75, 3.05) is 25.9 Å². The zero-order chi connectivity index (χ0) is 27.8. The van der Waals surface area contributed by atoms with E-state index in [-0.39, 0.29) is 75.2 Å². The van der Waals surface area contributed by atoms with Gasteiger partial charge in [0, 0.05) is 29.9 Å². The van der Waals surface area contributed by atoms with E-state index in [0.29, 0.717) is 35.1 Å². The van der Waals surface area contributed by atoms with E-state index >= 15 is 0 Å². The van der Waals surface area contributed by atoms with E-state index < -0.39 is 6.04 Å². The van der Waals surface area contributed by atoms with E-state index in [1.807, 2.05) is 47.6 Å². The smallest absolute Gasteiger partial charge is 0.870 e. The van der Waals surface area contributed by atoms with Crippen molar-refractivity contribution in [3.05, 3.63) is 65.7 Å². The molecule has 1 aromatic heterocycles. The Morgan fingerprint density at radius 2 is 1.85 bits per heavy atom. The molecule has 11 heteroatoms. The van der Waals surface area contributed by atoms with E-state index in [4.69, 9.17) is 22.6 Å². The summed E-state index contributed by atoms with van der Waals surface area (Å²) in [5.41, 5.74) is 7.28. The molecule has 1 unspecified atom stereocenters. The average Bonchev–Trinajstić information content (AvgIpc) is 3.44. The number of hydrogen-bond acceptors (Lipinski definition) is 6. The van der Waals surface area contributed by atoms with Crippen molar-refractivity contribution < 1.29 is 66.4 Å². The van der Waals surface area contributed by atoms with E-state index in [0.717, 1.165) is 29.8 Å². The quantitative estimate of drug-likeness (QED) is 0.280. The van der Waals surface area contributed by atoms with Crippen LogP contribution in [-0.4, -0.2) is 63.0 Å². The molecule has 2 fully saturated rings. The van der Waals surface area contributed by atoms with Crippen LogP contribution < -0.4 is 57.1 Å². The normalized spacial score (nSPS) is 15.4. The molecule has 2 aromatic carbocycles. The predicted octanol–water partition coefficient (Wildman–Crippen LogP) is 2.18. The SMILES string of the molecule is CC(C)C.CN(CC(=O)N1C[CH-]CC1C#N)C(=O)c1cc(Cl)c2nn(C3CC3)cc2c1.Nc1ccccc1.[K+].[OH-]. The number of benzene rings is 2. The molecule has 1 aliphatic heterocycles. The minimum absolute atomic E-state index is 0. The zero-order valence-corrected chi connectivity index (χ0v) is 27.8. The fourth-order valence-corrected chi connectivity index (χ4v) is 4.09. The molecule has 210 valence electrons. The third-order valence-corrected chi connectivity index (χ3v) is 6.12. The number of nitriles is 1. The maximum atomic E-state index is 12.8. The van der Waals surface area contributed by atoms with Crippen LogP contribution in [0.5, 0.6) is 0 Å². The van der Waals surface area contributed by atoms with Gasteiger partial charge in [-0.15, -0.1) is 13.0 Å². The Morgan fingerprint density at radius 3 is 2.38 bits per heavy atom. The summed E-state index contributed by atoms with van der Waals surface area (Å²) in [7, 11) is 1.58. The Morgan fingerprint density at radius 1 is 1.23 bits per heavy atom. The molecule has 5 rings (SSSR count). The van der Waals surface area contributed by atoms with Crippen LogP contribution in [0.4, 0.5) is 5.69 Å². The molecule has 0 spiro atoms. The van der Waals surface area contributed by atoms with Crippen LogP contribution in [0.1, 0.15) is 56.4 Å². The number of amides is 2. The number of aromatic nitrogens is 2. The van der Waals surface area contributed by atoms with Crippen molar-refractivity contribution in [1.82, 2.24) is 19.6 Å². The number of nitrogen functional groups attached to an aromatic ring is 1. The Bertz CT molecular complexity index is 1290. The first-order valence-corrected chi connectivity index (χ1v) is 13.2.